The maximum absolute atomic E-state index is 12.3. The van der Waals surface area contributed by atoms with Crippen molar-refractivity contribution in [3.05, 3.63) is 52.8 Å². The van der Waals surface area contributed by atoms with Gasteiger partial charge in [0, 0.05) is 17.3 Å². The molecule has 0 spiro atoms. The third-order valence-corrected chi connectivity index (χ3v) is 3.97. The van der Waals surface area contributed by atoms with Crippen LogP contribution < -0.4 is 10.6 Å². The molecule has 1 amide bonds. The van der Waals surface area contributed by atoms with E-state index in [2.05, 4.69) is 29.5 Å². The summed E-state index contributed by atoms with van der Waals surface area (Å²) in [4.78, 5) is 16.5. The van der Waals surface area contributed by atoms with Crippen LogP contribution in [-0.2, 0) is 0 Å². The van der Waals surface area contributed by atoms with Crippen molar-refractivity contribution in [2.75, 3.05) is 17.2 Å². The van der Waals surface area contributed by atoms with Crippen LogP contribution in [0.4, 0.5) is 11.4 Å². The Morgan fingerprint density at radius 2 is 2.04 bits per heavy atom. The van der Waals surface area contributed by atoms with Gasteiger partial charge < -0.3 is 10.6 Å². The molecule has 2 N–H and O–H groups in total. The second kappa shape index (κ2) is 7.97. The van der Waals surface area contributed by atoms with E-state index in [0.29, 0.717) is 22.3 Å². The fraction of sp³-hybridized carbons (Fsp3) is 0.333. The largest absolute Gasteiger partial charge is 0.384 e. The number of rotatable bonds is 6. The number of anilines is 2. The van der Waals surface area contributed by atoms with Crippen LogP contribution in [0.15, 0.2) is 36.5 Å². The van der Waals surface area contributed by atoms with Crippen LogP contribution in [0, 0.1) is 12.8 Å². The summed E-state index contributed by atoms with van der Waals surface area (Å²) in [5, 5.41) is 6.76. The number of nitrogens with one attached hydrogen (secondary N) is 2. The number of pyridine rings is 1. The van der Waals surface area contributed by atoms with E-state index >= 15 is 0 Å². The smallest absolute Gasteiger partial charge is 0.274 e. The zero-order valence-electron chi connectivity index (χ0n) is 13.7. The average Bonchev–Trinajstić information content (AvgIpc) is 2.52. The van der Waals surface area contributed by atoms with Gasteiger partial charge in [-0.2, -0.15) is 0 Å². The van der Waals surface area contributed by atoms with E-state index in [9.17, 15) is 4.79 Å². The fourth-order valence-electron chi connectivity index (χ4n) is 2.07. The van der Waals surface area contributed by atoms with Gasteiger partial charge in [-0.3, -0.25) is 4.79 Å². The van der Waals surface area contributed by atoms with Crippen molar-refractivity contribution in [2.24, 2.45) is 5.92 Å². The van der Waals surface area contributed by atoms with Gasteiger partial charge >= 0.3 is 0 Å². The SMILES string of the molecule is Cc1c(Cl)cccc1NC(=O)c1ccc(NCCC(C)C)cn1. The molecule has 1 heterocycles. The van der Waals surface area contributed by atoms with Crippen molar-refractivity contribution < 1.29 is 4.79 Å². The first-order chi connectivity index (χ1) is 11.0. The van der Waals surface area contributed by atoms with E-state index in [4.69, 9.17) is 11.6 Å². The number of carbonyl (C=O) groups excluding carboxylic acids is 1. The molecule has 2 aromatic rings. The molecule has 23 heavy (non-hydrogen) atoms. The average molecular weight is 332 g/mol. The molecule has 0 aliphatic heterocycles. The number of hydrogen-bond acceptors (Lipinski definition) is 3. The van der Waals surface area contributed by atoms with Crippen LogP contribution in [0.5, 0.6) is 0 Å². The standard InChI is InChI=1S/C18H22ClN3O/c1-12(2)9-10-20-14-7-8-17(21-11-14)18(23)22-16-6-4-5-15(19)13(16)3/h4-8,11-12,20H,9-10H2,1-3H3,(H,22,23). The van der Waals surface area contributed by atoms with Gasteiger partial charge in [0.2, 0.25) is 0 Å². The molecule has 2 rings (SSSR count). The highest BCUT2D eigenvalue weighted by Gasteiger charge is 2.10. The molecule has 0 saturated heterocycles. The molecule has 5 heteroatoms. The minimum Gasteiger partial charge on any atom is -0.384 e. The van der Waals surface area contributed by atoms with Crippen molar-refractivity contribution >= 4 is 28.9 Å². The second-order valence-electron chi connectivity index (χ2n) is 5.91. The molecule has 122 valence electrons. The Morgan fingerprint density at radius 1 is 1.26 bits per heavy atom. The third-order valence-electron chi connectivity index (χ3n) is 3.56. The molecular weight excluding hydrogens is 310 g/mol. The van der Waals surface area contributed by atoms with Gasteiger partial charge in [0.15, 0.2) is 0 Å². The van der Waals surface area contributed by atoms with Crippen LogP contribution in [0.25, 0.3) is 0 Å². The monoisotopic (exact) mass is 331 g/mol. The molecule has 0 aliphatic rings. The van der Waals surface area contributed by atoms with Crippen LogP contribution >= 0.6 is 11.6 Å². The Kier molecular flexibility index (Phi) is 5.99. The first-order valence-corrected chi connectivity index (χ1v) is 8.11. The molecule has 0 atom stereocenters. The van der Waals surface area contributed by atoms with Crippen molar-refractivity contribution in [3.8, 4) is 0 Å². The Hall–Kier alpha value is -2.07. The number of benzene rings is 1. The lowest BCUT2D eigenvalue weighted by Crippen LogP contribution is -2.14. The van der Waals surface area contributed by atoms with Crippen LogP contribution in [0.1, 0.15) is 36.3 Å². The molecule has 0 saturated carbocycles. The van der Waals surface area contributed by atoms with Crippen molar-refractivity contribution in [1.29, 1.82) is 0 Å². The lowest BCUT2D eigenvalue weighted by molar-refractivity contribution is 0.102. The van der Waals surface area contributed by atoms with E-state index in [-0.39, 0.29) is 5.91 Å². The summed E-state index contributed by atoms with van der Waals surface area (Å²) in [6.07, 6.45) is 2.77. The van der Waals surface area contributed by atoms with Gasteiger partial charge in [0.1, 0.15) is 5.69 Å². The predicted octanol–water partition coefficient (Wildman–Crippen LogP) is 4.75. The molecule has 4 nitrogen and oxygen atoms in total. The second-order valence-corrected chi connectivity index (χ2v) is 6.32. The molecule has 0 aliphatic carbocycles. The highest BCUT2D eigenvalue weighted by Crippen LogP contribution is 2.23. The summed E-state index contributed by atoms with van der Waals surface area (Å²) in [5.74, 6) is 0.408. The van der Waals surface area contributed by atoms with Crippen LogP contribution in [0.3, 0.4) is 0 Å². The highest BCUT2D eigenvalue weighted by atomic mass is 35.5. The van der Waals surface area contributed by atoms with Crippen molar-refractivity contribution in [1.82, 2.24) is 4.98 Å². The Balaban J connectivity index is 1.98. The maximum atomic E-state index is 12.3. The van der Waals surface area contributed by atoms with E-state index < -0.39 is 0 Å². The number of aromatic nitrogens is 1. The zero-order valence-corrected chi connectivity index (χ0v) is 14.4. The van der Waals surface area contributed by atoms with E-state index in [1.165, 1.54) is 0 Å². The third kappa shape index (κ3) is 4.96. The zero-order chi connectivity index (χ0) is 16.8. The molecular formula is C18H22ClN3O. The van der Waals surface area contributed by atoms with E-state index in [1.807, 2.05) is 19.1 Å². The summed E-state index contributed by atoms with van der Waals surface area (Å²) in [5.41, 5.74) is 2.83. The summed E-state index contributed by atoms with van der Waals surface area (Å²) >= 11 is 6.06. The minimum absolute atomic E-state index is 0.246. The Bertz CT molecular complexity index is 668. The lowest BCUT2D eigenvalue weighted by atomic mass is 10.1. The normalized spacial score (nSPS) is 10.7. The first-order valence-electron chi connectivity index (χ1n) is 7.73. The Morgan fingerprint density at radius 3 is 2.70 bits per heavy atom. The number of amides is 1. The minimum atomic E-state index is -0.246. The summed E-state index contributed by atoms with van der Waals surface area (Å²) in [6.45, 7) is 7.14. The van der Waals surface area contributed by atoms with Crippen LogP contribution in [-0.4, -0.2) is 17.4 Å². The quantitative estimate of drug-likeness (QED) is 0.802. The molecule has 1 aromatic carbocycles. The molecule has 0 radical (unpaired) electrons. The first kappa shape index (κ1) is 17.3. The Labute approximate surface area is 142 Å². The van der Waals surface area contributed by atoms with Gasteiger partial charge in [0.25, 0.3) is 5.91 Å². The highest BCUT2D eigenvalue weighted by molar-refractivity contribution is 6.31. The van der Waals surface area contributed by atoms with Crippen molar-refractivity contribution in [2.45, 2.75) is 27.2 Å². The fourth-order valence-corrected chi connectivity index (χ4v) is 2.24. The molecule has 1 aromatic heterocycles. The molecule has 0 fully saturated rings. The van der Waals surface area contributed by atoms with Crippen LogP contribution in [0.2, 0.25) is 5.02 Å². The summed E-state index contributed by atoms with van der Waals surface area (Å²) in [7, 11) is 0. The van der Waals surface area contributed by atoms with Gasteiger partial charge in [-0.25, -0.2) is 4.98 Å². The van der Waals surface area contributed by atoms with E-state index in [1.54, 1.807) is 24.4 Å². The van der Waals surface area contributed by atoms with Crippen molar-refractivity contribution in [3.63, 3.8) is 0 Å². The molecule has 0 unspecified atom stereocenters. The predicted molar refractivity (Wildman–Crippen MR) is 96.3 cm³/mol. The van der Waals surface area contributed by atoms with Gasteiger partial charge in [0.05, 0.1) is 11.9 Å². The molecule has 0 bridgehead atoms. The summed E-state index contributed by atoms with van der Waals surface area (Å²) < 4.78 is 0. The maximum Gasteiger partial charge on any atom is 0.274 e. The number of hydrogen-bond donors (Lipinski definition) is 2. The number of halogens is 1. The number of carbonyl (C=O) groups is 1. The number of nitrogens with zero attached hydrogens (tertiary/aromatic N) is 1. The van der Waals surface area contributed by atoms with Gasteiger partial charge in [-0.1, -0.05) is 31.5 Å². The summed E-state index contributed by atoms with van der Waals surface area (Å²) in [6, 6.07) is 9.00. The van der Waals surface area contributed by atoms with Gasteiger partial charge in [-0.15, -0.1) is 0 Å². The van der Waals surface area contributed by atoms with E-state index in [0.717, 1.165) is 24.2 Å². The topological polar surface area (TPSA) is 54.0 Å². The lowest BCUT2D eigenvalue weighted by Gasteiger charge is -2.10. The van der Waals surface area contributed by atoms with Gasteiger partial charge in [-0.05, 0) is 49.1 Å².